The number of halogens is 3. The molecule has 3 fully saturated rings. The van der Waals surface area contributed by atoms with Gasteiger partial charge in [0.1, 0.15) is 17.8 Å². The van der Waals surface area contributed by atoms with E-state index in [-0.39, 0.29) is 35.5 Å². The van der Waals surface area contributed by atoms with Gasteiger partial charge in [0.15, 0.2) is 0 Å². The number of anilines is 2. The second-order valence-electron chi connectivity index (χ2n) is 16.2. The van der Waals surface area contributed by atoms with Crippen molar-refractivity contribution in [3.8, 4) is 0 Å². The molecule has 0 bridgehead atoms. The Labute approximate surface area is 300 Å². The van der Waals surface area contributed by atoms with E-state index in [2.05, 4.69) is 33.9 Å². The van der Waals surface area contributed by atoms with Gasteiger partial charge in [0.2, 0.25) is 5.91 Å². The van der Waals surface area contributed by atoms with Crippen molar-refractivity contribution < 1.29 is 32.3 Å². The highest BCUT2D eigenvalue weighted by atomic mass is 19.4. The largest absolute Gasteiger partial charge is 0.444 e. The number of carbonyl (C=O) groups excluding carboxylic acids is 3. The Hall–Kier alpha value is -4.72. The average molecular weight is 720 g/mol. The van der Waals surface area contributed by atoms with E-state index >= 15 is 0 Å². The number of fused-ring (bicyclic) bond motifs is 1. The van der Waals surface area contributed by atoms with Crippen LogP contribution in [0.5, 0.6) is 0 Å². The van der Waals surface area contributed by atoms with Gasteiger partial charge < -0.3 is 19.1 Å². The number of likely N-dealkylation sites (tertiary alicyclic amines) is 2. The zero-order valence-electron chi connectivity index (χ0n) is 30.1. The maximum Gasteiger partial charge on any atom is 0.416 e. The van der Waals surface area contributed by atoms with Gasteiger partial charge >= 0.3 is 12.3 Å². The van der Waals surface area contributed by atoms with E-state index in [0.29, 0.717) is 49.0 Å². The SMILES string of the molecule is C=CC(=O)N1CC2(CCN(Cc3cc4c(c(C(F)(F)F)c3)CN(c3cc(NC(=O)OC(C)(C)C)cc(C5(c6nncn6C)CC(C)C5)c3)C4=O)C2)C1. The van der Waals surface area contributed by atoms with Crippen molar-refractivity contribution in [1.82, 2.24) is 24.6 Å². The Morgan fingerprint density at radius 3 is 2.44 bits per heavy atom. The number of ether oxygens (including phenoxy) is 1. The molecule has 0 radical (unpaired) electrons. The highest BCUT2D eigenvalue weighted by molar-refractivity contribution is 6.11. The second kappa shape index (κ2) is 12.5. The Morgan fingerprint density at radius 2 is 1.83 bits per heavy atom. The van der Waals surface area contributed by atoms with Crippen molar-refractivity contribution in [2.75, 3.05) is 36.4 Å². The second-order valence-corrected chi connectivity index (χ2v) is 16.2. The van der Waals surface area contributed by atoms with E-state index in [9.17, 15) is 27.6 Å². The fraction of sp³-hybridized carbons (Fsp3) is 0.500. The molecule has 1 N–H and O–H groups in total. The van der Waals surface area contributed by atoms with Gasteiger partial charge in [0.25, 0.3) is 5.91 Å². The summed E-state index contributed by atoms with van der Waals surface area (Å²) >= 11 is 0. The van der Waals surface area contributed by atoms with Gasteiger partial charge in [-0.05, 0) is 106 Å². The third-order valence-corrected chi connectivity index (χ3v) is 10.8. The van der Waals surface area contributed by atoms with E-state index < -0.39 is 34.8 Å². The van der Waals surface area contributed by atoms with Crippen molar-refractivity contribution >= 4 is 29.3 Å². The Balaban J connectivity index is 1.22. The monoisotopic (exact) mass is 719 g/mol. The number of rotatable bonds is 7. The summed E-state index contributed by atoms with van der Waals surface area (Å²) in [5, 5.41) is 11.3. The van der Waals surface area contributed by atoms with Crippen molar-refractivity contribution in [2.24, 2.45) is 18.4 Å². The zero-order valence-corrected chi connectivity index (χ0v) is 30.1. The van der Waals surface area contributed by atoms with E-state index in [0.717, 1.165) is 30.7 Å². The van der Waals surface area contributed by atoms with Crippen LogP contribution in [0.2, 0.25) is 0 Å². The number of nitrogens with one attached hydrogen (secondary N) is 1. The van der Waals surface area contributed by atoms with E-state index in [1.807, 2.05) is 23.7 Å². The standard InChI is InChI=1S/C38H44F3N7O4/c1-7-31(49)47-20-36(21-47)8-9-46(19-36)17-24-10-28-29(30(11-24)38(39,40)41)18-48(32(28)50)27-13-25(12-26(14-27)43-34(51)52-35(3,4)5)37(15-23(2)16-37)33-44-42-22-45(33)6/h7,10-14,22-23H,1,8-9,15-21H2,2-6H3,(H,43,51). The lowest BCUT2D eigenvalue weighted by Crippen LogP contribution is -2.59. The summed E-state index contributed by atoms with van der Waals surface area (Å²) in [6, 6.07) is 7.99. The summed E-state index contributed by atoms with van der Waals surface area (Å²) in [6.07, 6.45) is -0.186. The topological polar surface area (TPSA) is 113 Å². The third-order valence-electron chi connectivity index (χ3n) is 10.8. The van der Waals surface area contributed by atoms with Crippen molar-refractivity contribution in [3.05, 3.63) is 83.0 Å². The van der Waals surface area contributed by atoms with Crippen LogP contribution in [0.1, 0.15) is 85.4 Å². The van der Waals surface area contributed by atoms with Crippen LogP contribution in [0, 0.1) is 11.3 Å². The molecule has 3 aromatic rings. The van der Waals surface area contributed by atoms with E-state index in [4.69, 9.17) is 4.74 Å². The molecule has 4 heterocycles. The van der Waals surface area contributed by atoms with Gasteiger partial charge in [-0.2, -0.15) is 13.2 Å². The molecule has 1 aromatic heterocycles. The molecule has 3 amide bonds. The molecule has 7 rings (SSSR count). The Bertz CT molecular complexity index is 1950. The Kier molecular flexibility index (Phi) is 8.54. The molecule has 0 unspecified atom stereocenters. The summed E-state index contributed by atoms with van der Waals surface area (Å²) in [5.41, 5.74) is -0.476. The normalized spacial score (nSPS) is 22.6. The first-order chi connectivity index (χ1) is 24.4. The summed E-state index contributed by atoms with van der Waals surface area (Å²) in [6.45, 7) is 13.4. The molecule has 2 aromatic carbocycles. The minimum atomic E-state index is -4.69. The molecule has 3 aliphatic heterocycles. The van der Waals surface area contributed by atoms with E-state index in [1.54, 1.807) is 44.1 Å². The van der Waals surface area contributed by atoms with Gasteiger partial charge in [-0.1, -0.05) is 13.5 Å². The molecular formula is C38H44F3N7O4. The third kappa shape index (κ3) is 6.45. The first-order valence-electron chi connectivity index (χ1n) is 17.6. The summed E-state index contributed by atoms with van der Waals surface area (Å²) in [4.78, 5) is 44.3. The summed E-state index contributed by atoms with van der Waals surface area (Å²) < 4.78 is 51.5. The van der Waals surface area contributed by atoms with Crippen LogP contribution in [-0.2, 0) is 41.3 Å². The van der Waals surface area contributed by atoms with Crippen molar-refractivity contribution in [1.29, 1.82) is 0 Å². The zero-order chi connectivity index (χ0) is 37.4. The molecule has 52 heavy (non-hydrogen) atoms. The highest BCUT2D eigenvalue weighted by Crippen LogP contribution is 2.53. The van der Waals surface area contributed by atoms with Crippen LogP contribution in [0.15, 0.2) is 49.3 Å². The molecular weight excluding hydrogens is 675 g/mol. The molecule has 11 nitrogen and oxygen atoms in total. The minimum Gasteiger partial charge on any atom is -0.444 e. The van der Waals surface area contributed by atoms with Crippen LogP contribution >= 0.6 is 0 Å². The molecule has 1 aliphatic carbocycles. The number of amides is 3. The van der Waals surface area contributed by atoms with Crippen LogP contribution in [-0.4, -0.2) is 74.3 Å². The number of hydrogen-bond donors (Lipinski definition) is 1. The lowest BCUT2D eigenvalue weighted by atomic mass is 9.58. The number of nitrogens with zero attached hydrogens (tertiary/aromatic N) is 6. The number of aromatic nitrogens is 3. The molecule has 1 saturated carbocycles. The Morgan fingerprint density at radius 1 is 1.10 bits per heavy atom. The smallest absolute Gasteiger partial charge is 0.416 e. The average Bonchev–Trinajstić information content (AvgIpc) is 3.73. The van der Waals surface area contributed by atoms with Crippen LogP contribution < -0.4 is 10.2 Å². The predicted octanol–water partition coefficient (Wildman–Crippen LogP) is 6.28. The maximum absolute atomic E-state index is 14.7. The number of aryl methyl sites for hydroxylation is 1. The minimum absolute atomic E-state index is 0.0115. The van der Waals surface area contributed by atoms with Crippen molar-refractivity contribution in [2.45, 2.75) is 77.2 Å². The highest BCUT2D eigenvalue weighted by Gasteiger charge is 2.50. The maximum atomic E-state index is 14.7. The van der Waals surface area contributed by atoms with Gasteiger partial charge in [-0.25, -0.2) is 4.79 Å². The fourth-order valence-electron chi connectivity index (χ4n) is 8.68. The lowest BCUT2D eigenvalue weighted by molar-refractivity contribution is -0.138. The molecule has 4 aliphatic rings. The first-order valence-corrected chi connectivity index (χ1v) is 17.6. The van der Waals surface area contributed by atoms with Crippen molar-refractivity contribution in [3.63, 3.8) is 0 Å². The predicted molar refractivity (Wildman–Crippen MR) is 188 cm³/mol. The quantitative estimate of drug-likeness (QED) is 0.286. The lowest BCUT2D eigenvalue weighted by Gasteiger charge is -2.47. The number of carbonyl (C=O) groups is 3. The molecule has 0 atom stereocenters. The number of alkyl halides is 3. The molecule has 2 saturated heterocycles. The fourth-order valence-corrected chi connectivity index (χ4v) is 8.68. The van der Waals surface area contributed by atoms with Gasteiger partial charge in [-0.3, -0.25) is 19.8 Å². The first kappa shape index (κ1) is 35.7. The number of hydrogen-bond acceptors (Lipinski definition) is 7. The summed E-state index contributed by atoms with van der Waals surface area (Å²) in [5.74, 6) is 0.408. The van der Waals surface area contributed by atoms with Crippen LogP contribution in [0.4, 0.5) is 29.3 Å². The number of benzene rings is 2. The molecule has 1 spiro atoms. The van der Waals surface area contributed by atoms with Gasteiger partial charge in [0, 0.05) is 55.6 Å². The van der Waals surface area contributed by atoms with Gasteiger partial charge in [-0.15, -0.1) is 10.2 Å². The van der Waals surface area contributed by atoms with E-state index in [1.165, 1.54) is 17.0 Å². The molecule has 14 heteroatoms. The summed E-state index contributed by atoms with van der Waals surface area (Å²) in [7, 11) is 1.85. The van der Waals surface area contributed by atoms with Crippen LogP contribution in [0.3, 0.4) is 0 Å². The molecule has 276 valence electrons. The van der Waals surface area contributed by atoms with Crippen LogP contribution in [0.25, 0.3) is 0 Å². The van der Waals surface area contributed by atoms with Gasteiger partial charge in [0.05, 0.1) is 17.5 Å².